The fourth-order valence-electron chi connectivity index (χ4n) is 2.28. The molecule has 0 aromatic carbocycles. The number of piperazine rings is 1. The lowest BCUT2D eigenvalue weighted by atomic mass is 10.0. The summed E-state index contributed by atoms with van der Waals surface area (Å²) in [5, 5.41) is 0. The van der Waals surface area contributed by atoms with Crippen molar-refractivity contribution in [3.05, 3.63) is 0 Å². The fourth-order valence-corrected chi connectivity index (χ4v) is 2.50. The SMILES string of the molecule is CCCC(C(=O)N1CCN(CC(F)(F)F)CC1)C(N)=S. The van der Waals surface area contributed by atoms with Gasteiger partial charge in [0.2, 0.25) is 5.91 Å². The molecule has 0 spiro atoms. The molecule has 1 fully saturated rings. The van der Waals surface area contributed by atoms with E-state index < -0.39 is 18.6 Å². The first-order valence-corrected chi connectivity index (χ1v) is 7.02. The van der Waals surface area contributed by atoms with Crippen molar-refractivity contribution in [3.8, 4) is 0 Å². The molecule has 8 heteroatoms. The molecule has 116 valence electrons. The smallest absolute Gasteiger partial charge is 0.393 e. The van der Waals surface area contributed by atoms with Crippen molar-refractivity contribution in [3.63, 3.8) is 0 Å². The van der Waals surface area contributed by atoms with Crippen LogP contribution in [-0.4, -0.2) is 59.6 Å². The van der Waals surface area contributed by atoms with Gasteiger partial charge in [-0.15, -0.1) is 0 Å². The number of rotatable bonds is 5. The molecule has 1 aliphatic rings. The first-order chi connectivity index (χ1) is 9.24. The third-order valence-corrected chi connectivity index (χ3v) is 3.59. The minimum atomic E-state index is -4.20. The fraction of sp³-hybridized carbons (Fsp3) is 0.833. The van der Waals surface area contributed by atoms with Gasteiger partial charge in [-0.3, -0.25) is 9.69 Å². The highest BCUT2D eigenvalue weighted by Crippen LogP contribution is 2.18. The molecule has 20 heavy (non-hydrogen) atoms. The normalized spacial score (nSPS) is 18.9. The Kier molecular flexibility index (Phi) is 6.19. The van der Waals surface area contributed by atoms with Gasteiger partial charge in [0, 0.05) is 26.2 Å². The topological polar surface area (TPSA) is 49.6 Å². The van der Waals surface area contributed by atoms with Crippen LogP contribution in [0.15, 0.2) is 0 Å². The number of halogens is 3. The summed E-state index contributed by atoms with van der Waals surface area (Å²) in [4.78, 5) is 15.3. The van der Waals surface area contributed by atoms with Crippen LogP contribution in [-0.2, 0) is 4.79 Å². The van der Waals surface area contributed by atoms with Crippen LogP contribution in [0.25, 0.3) is 0 Å². The van der Waals surface area contributed by atoms with E-state index in [1.54, 1.807) is 4.90 Å². The second kappa shape index (κ2) is 7.21. The lowest BCUT2D eigenvalue weighted by molar-refractivity contribution is -0.152. The maximum absolute atomic E-state index is 12.3. The van der Waals surface area contributed by atoms with Crippen LogP contribution in [0.1, 0.15) is 19.8 Å². The summed E-state index contributed by atoms with van der Waals surface area (Å²) >= 11 is 4.89. The summed E-state index contributed by atoms with van der Waals surface area (Å²) in [5.74, 6) is -0.657. The van der Waals surface area contributed by atoms with Crippen LogP contribution in [0, 0.1) is 5.92 Å². The van der Waals surface area contributed by atoms with Gasteiger partial charge in [-0.25, -0.2) is 0 Å². The average Bonchev–Trinajstić information content (AvgIpc) is 2.33. The van der Waals surface area contributed by atoms with E-state index in [1.807, 2.05) is 6.92 Å². The van der Waals surface area contributed by atoms with E-state index >= 15 is 0 Å². The minimum Gasteiger partial charge on any atom is -0.393 e. The van der Waals surface area contributed by atoms with E-state index in [0.29, 0.717) is 6.42 Å². The van der Waals surface area contributed by atoms with Gasteiger partial charge in [-0.2, -0.15) is 13.2 Å². The summed E-state index contributed by atoms with van der Waals surface area (Å²) in [7, 11) is 0. The maximum Gasteiger partial charge on any atom is 0.401 e. The Morgan fingerprint density at radius 3 is 2.25 bits per heavy atom. The number of nitrogens with zero attached hydrogens (tertiary/aromatic N) is 2. The van der Waals surface area contributed by atoms with E-state index in [-0.39, 0.29) is 37.1 Å². The number of carbonyl (C=O) groups is 1. The largest absolute Gasteiger partial charge is 0.401 e. The molecule has 1 atom stereocenters. The van der Waals surface area contributed by atoms with Crippen molar-refractivity contribution in [2.75, 3.05) is 32.7 Å². The van der Waals surface area contributed by atoms with Crippen LogP contribution in [0.5, 0.6) is 0 Å². The Morgan fingerprint density at radius 1 is 1.30 bits per heavy atom. The first-order valence-electron chi connectivity index (χ1n) is 6.61. The van der Waals surface area contributed by atoms with Crippen LogP contribution in [0.2, 0.25) is 0 Å². The second-order valence-corrected chi connectivity index (χ2v) is 5.43. The van der Waals surface area contributed by atoms with Gasteiger partial charge < -0.3 is 10.6 Å². The highest BCUT2D eigenvalue weighted by atomic mass is 32.1. The Morgan fingerprint density at radius 2 is 1.85 bits per heavy atom. The monoisotopic (exact) mass is 311 g/mol. The highest BCUT2D eigenvalue weighted by Gasteiger charge is 2.34. The molecule has 0 aliphatic carbocycles. The zero-order chi connectivity index (χ0) is 15.3. The van der Waals surface area contributed by atoms with Crippen LogP contribution >= 0.6 is 12.2 Å². The molecular weight excluding hydrogens is 291 g/mol. The van der Waals surface area contributed by atoms with Crippen molar-refractivity contribution in [1.29, 1.82) is 0 Å². The zero-order valence-electron chi connectivity index (χ0n) is 11.4. The van der Waals surface area contributed by atoms with Crippen LogP contribution in [0.3, 0.4) is 0 Å². The minimum absolute atomic E-state index is 0.161. The quantitative estimate of drug-likeness (QED) is 0.780. The number of alkyl halides is 3. The van der Waals surface area contributed by atoms with Gasteiger partial charge in [0.1, 0.15) is 0 Å². The van der Waals surface area contributed by atoms with Gasteiger partial charge in [0.15, 0.2) is 0 Å². The first kappa shape index (κ1) is 17.2. The molecule has 1 aliphatic heterocycles. The predicted molar refractivity (Wildman–Crippen MR) is 74.3 cm³/mol. The summed E-state index contributed by atoms with van der Waals surface area (Å²) in [5.41, 5.74) is 5.57. The van der Waals surface area contributed by atoms with Gasteiger partial charge in [-0.05, 0) is 6.42 Å². The van der Waals surface area contributed by atoms with Crippen molar-refractivity contribution < 1.29 is 18.0 Å². The molecule has 2 N–H and O–H groups in total. The molecule has 1 saturated heterocycles. The number of hydrogen-bond donors (Lipinski definition) is 1. The molecule has 0 bridgehead atoms. The van der Waals surface area contributed by atoms with Crippen molar-refractivity contribution in [2.24, 2.45) is 11.7 Å². The molecule has 1 unspecified atom stereocenters. The summed E-state index contributed by atoms with van der Waals surface area (Å²) < 4.78 is 36.8. The van der Waals surface area contributed by atoms with Crippen molar-refractivity contribution in [2.45, 2.75) is 25.9 Å². The van der Waals surface area contributed by atoms with Gasteiger partial charge >= 0.3 is 6.18 Å². The molecule has 0 aromatic rings. The molecular formula is C12H20F3N3OS. The van der Waals surface area contributed by atoms with Crippen LogP contribution in [0.4, 0.5) is 13.2 Å². The van der Waals surface area contributed by atoms with Crippen molar-refractivity contribution in [1.82, 2.24) is 9.80 Å². The molecule has 1 rings (SSSR count). The molecule has 1 amide bonds. The second-order valence-electron chi connectivity index (χ2n) is 4.96. The summed E-state index contributed by atoms with van der Waals surface area (Å²) in [6, 6.07) is 0. The Bertz CT molecular complexity index is 354. The predicted octanol–water partition coefficient (Wildman–Crippen LogP) is 1.40. The van der Waals surface area contributed by atoms with Crippen molar-refractivity contribution >= 4 is 23.1 Å². The molecule has 0 radical (unpaired) electrons. The molecule has 0 aromatic heterocycles. The van der Waals surface area contributed by atoms with Crippen LogP contribution < -0.4 is 5.73 Å². The number of nitrogens with two attached hydrogens (primary N) is 1. The molecule has 1 heterocycles. The summed E-state index contributed by atoms with van der Waals surface area (Å²) in [6.07, 6.45) is -2.84. The molecule has 0 saturated carbocycles. The number of amides is 1. The summed E-state index contributed by atoms with van der Waals surface area (Å²) in [6.45, 7) is 2.03. The number of carbonyl (C=O) groups excluding carboxylic acids is 1. The Balaban J connectivity index is 2.51. The van der Waals surface area contributed by atoms with E-state index in [4.69, 9.17) is 18.0 Å². The lowest BCUT2D eigenvalue weighted by Crippen LogP contribution is -2.53. The van der Waals surface area contributed by atoms with E-state index in [1.165, 1.54) is 4.90 Å². The number of thiocarbonyl (C=S) groups is 1. The highest BCUT2D eigenvalue weighted by molar-refractivity contribution is 7.80. The zero-order valence-corrected chi connectivity index (χ0v) is 12.3. The Labute approximate surface area is 122 Å². The van der Waals surface area contributed by atoms with E-state index in [0.717, 1.165) is 6.42 Å². The van der Waals surface area contributed by atoms with Gasteiger partial charge in [-0.1, -0.05) is 25.6 Å². The average molecular weight is 311 g/mol. The van der Waals surface area contributed by atoms with Gasteiger partial charge in [0.25, 0.3) is 0 Å². The standard InChI is InChI=1S/C12H20F3N3OS/c1-2-3-9(10(16)20)11(19)18-6-4-17(5-7-18)8-12(13,14)15/h9H,2-8H2,1H3,(H2,16,20). The van der Waals surface area contributed by atoms with Gasteiger partial charge in [0.05, 0.1) is 17.5 Å². The van der Waals surface area contributed by atoms with E-state index in [9.17, 15) is 18.0 Å². The maximum atomic E-state index is 12.3. The number of hydrogen-bond acceptors (Lipinski definition) is 3. The molecule has 4 nitrogen and oxygen atoms in total. The third-order valence-electron chi connectivity index (χ3n) is 3.31. The van der Waals surface area contributed by atoms with E-state index in [2.05, 4.69) is 0 Å². The third kappa shape index (κ3) is 5.24. The Hall–Kier alpha value is -0.890. The lowest BCUT2D eigenvalue weighted by Gasteiger charge is -2.36.